The van der Waals surface area contributed by atoms with Crippen molar-refractivity contribution in [3.8, 4) is 0 Å². The number of halogens is 1. The highest BCUT2D eigenvalue weighted by atomic mass is 35.5. The number of aromatic nitrogens is 2. The van der Waals surface area contributed by atoms with E-state index in [1.807, 2.05) is 18.2 Å². The van der Waals surface area contributed by atoms with Crippen molar-refractivity contribution in [2.24, 2.45) is 0 Å². The van der Waals surface area contributed by atoms with Gasteiger partial charge in [-0.15, -0.1) is 0 Å². The molecule has 0 spiro atoms. The van der Waals surface area contributed by atoms with Crippen LogP contribution in [0.25, 0.3) is 11.0 Å². The minimum atomic E-state index is -0.371. The highest BCUT2D eigenvalue weighted by Gasteiger charge is 2.23. The molecule has 2 heterocycles. The summed E-state index contributed by atoms with van der Waals surface area (Å²) >= 11 is 6.31. The summed E-state index contributed by atoms with van der Waals surface area (Å²) in [6, 6.07) is 12.4. The lowest BCUT2D eigenvalue weighted by molar-refractivity contribution is -0.117. The maximum absolute atomic E-state index is 12.4. The van der Waals surface area contributed by atoms with Crippen molar-refractivity contribution in [1.29, 1.82) is 0 Å². The van der Waals surface area contributed by atoms with Gasteiger partial charge < -0.3 is 10.2 Å². The van der Waals surface area contributed by atoms with E-state index in [1.54, 1.807) is 29.2 Å². The molecule has 1 fully saturated rings. The summed E-state index contributed by atoms with van der Waals surface area (Å²) in [5.41, 5.74) is 2.80. The van der Waals surface area contributed by atoms with Gasteiger partial charge in [-0.2, -0.15) is 0 Å². The Morgan fingerprint density at radius 1 is 1.15 bits per heavy atom. The molecule has 7 heteroatoms. The van der Waals surface area contributed by atoms with Gasteiger partial charge in [0, 0.05) is 18.7 Å². The molecule has 1 aromatic heterocycles. The summed E-state index contributed by atoms with van der Waals surface area (Å²) in [6.45, 7) is 0.664. The fourth-order valence-corrected chi connectivity index (χ4v) is 3.25. The first-order valence-corrected chi connectivity index (χ1v) is 8.63. The highest BCUT2D eigenvalue weighted by Crippen LogP contribution is 2.31. The van der Waals surface area contributed by atoms with Gasteiger partial charge in [-0.05, 0) is 36.8 Å². The van der Waals surface area contributed by atoms with Crippen LogP contribution in [0.4, 0.5) is 11.4 Å². The first kappa shape index (κ1) is 16.5. The number of nitrogens with one attached hydrogen (secondary N) is 1. The molecule has 3 aromatic rings. The van der Waals surface area contributed by atoms with Gasteiger partial charge in [0.25, 0.3) is 5.91 Å². The Morgan fingerprint density at radius 2 is 1.96 bits per heavy atom. The number of hydrogen-bond acceptors (Lipinski definition) is 4. The Labute approximate surface area is 154 Å². The molecule has 2 amide bonds. The number of carbonyl (C=O) groups excluding carboxylic acids is 2. The van der Waals surface area contributed by atoms with Crippen molar-refractivity contribution < 1.29 is 9.59 Å². The van der Waals surface area contributed by atoms with Gasteiger partial charge in [-0.3, -0.25) is 14.6 Å². The number of anilines is 2. The van der Waals surface area contributed by atoms with Crippen molar-refractivity contribution in [3.05, 3.63) is 59.4 Å². The maximum atomic E-state index is 12.4. The van der Waals surface area contributed by atoms with Gasteiger partial charge >= 0.3 is 0 Å². The third-order valence-electron chi connectivity index (χ3n) is 4.25. The molecule has 1 N–H and O–H groups in total. The van der Waals surface area contributed by atoms with E-state index in [1.165, 1.54) is 6.20 Å². The molecule has 1 saturated heterocycles. The van der Waals surface area contributed by atoms with Crippen LogP contribution in [0.15, 0.2) is 48.7 Å². The zero-order valence-corrected chi connectivity index (χ0v) is 14.5. The fourth-order valence-electron chi connectivity index (χ4n) is 2.97. The molecule has 2 aromatic carbocycles. The highest BCUT2D eigenvalue weighted by molar-refractivity contribution is 6.34. The van der Waals surface area contributed by atoms with Crippen LogP contribution >= 0.6 is 11.6 Å². The van der Waals surface area contributed by atoms with Crippen LogP contribution in [0.2, 0.25) is 5.02 Å². The topological polar surface area (TPSA) is 75.2 Å². The smallest absolute Gasteiger partial charge is 0.275 e. The number of benzene rings is 2. The van der Waals surface area contributed by atoms with Crippen molar-refractivity contribution in [1.82, 2.24) is 9.97 Å². The number of carbonyl (C=O) groups is 2. The van der Waals surface area contributed by atoms with Crippen molar-refractivity contribution >= 4 is 45.8 Å². The first-order chi connectivity index (χ1) is 12.6. The number of fused-ring (bicyclic) bond motifs is 1. The van der Waals surface area contributed by atoms with Crippen molar-refractivity contribution in [2.45, 2.75) is 12.8 Å². The summed E-state index contributed by atoms with van der Waals surface area (Å²) in [5, 5.41) is 3.18. The Bertz CT molecular complexity index is 1020. The van der Waals surface area contributed by atoms with Crippen LogP contribution in [0, 0.1) is 0 Å². The lowest BCUT2D eigenvalue weighted by atomic mass is 10.2. The summed E-state index contributed by atoms with van der Waals surface area (Å²) in [7, 11) is 0. The van der Waals surface area contributed by atoms with Gasteiger partial charge in [0.1, 0.15) is 5.69 Å². The average Bonchev–Trinajstić information content (AvgIpc) is 3.07. The van der Waals surface area contributed by atoms with Crippen LogP contribution in [-0.4, -0.2) is 28.3 Å². The van der Waals surface area contributed by atoms with Gasteiger partial charge in [-0.25, -0.2) is 4.98 Å². The third-order valence-corrected chi connectivity index (χ3v) is 4.55. The standard InChI is InChI=1S/C19H15ClN4O2/c20-13-10-12(7-8-17(13)24-9-3-6-18(24)25)22-19(26)16-11-21-14-4-1-2-5-15(14)23-16/h1-2,4-5,7-8,10-11H,3,6,9H2,(H,22,26). The molecule has 0 saturated carbocycles. The second kappa shape index (κ2) is 6.72. The number of rotatable bonds is 3. The molecule has 4 rings (SSSR count). The maximum Gasteiger partial charge on any atom is 0.275 e. The van der Waals surface area contributed by atoms with Crippen molar-refractivity contribution in [2.75, 3.05) is 16.8 Å². The Balaban J connectivity index is 1.55. The van der Waals surface area contributed by atoms with Gasteiger partial charge in [0.2, 0.25) is 5.91 Å². The minimum Gasteiger partial charge on any atom is -0.321 e. The van der Waals surface area contributed by atoms with Gasteiger partial charge in [0.05, 0.1) is 27.9 Å². The predicted molar refractivity (Wildman–Crippen MR) is 101 cm³/mol. The zero-order chi connectivity index (χ0) is 18.1. The van der Waals surface area contributed by atoms with Crippen molar-refractivity contribution in [3.63, 3.8) is 0 Å². The molecular weight excluding hydrogens is 352 g/mol. The Hall–Kier alpha value is -2.99. The van der Waals surface area contributed by atoms with E-state index in [0.717, 1.165) is 11.9 Å². The minimum absolute atomic E-state index is 0.0649. The molecule has 130 valence electrons. The van der Waals surface area contributed by atoms with Crippen LogP contribution < -0.4 is 10.2 Å². The predicted octanol–water partition coefficient (Wildman–Crippen LogP) is 3.66. The second-order valence-corrected chi connectivity index (χ2v) is 6.42. The molecule has 0 aliphatic carbocycles. The molecule has 0 atom stereocenters. The van der Waals surface area contributed by atoms with Gasteiger partial charge in [-0.1, -0.05) is 23.7 Å². The van der Waals surface area contributed by atoms with E-state index in [-0.39, 0.29) is 17.5 Å². The molecule has 26 heavy (non-hydrogen) atoms. The van der Waals surface area contributed by atoms with Crippen LogP contribution in [0.1, 0.15) is 23.3 Å². The van der Waals surface area contributed by atoms with E-state index in [2.05, 4.69) is 15.3 Å². The quantitative estimate of drug-likeness (QED) is 0.767. The monoisotopic (exact) mass is 366 g/mol. The number of nitrogens with zero attached hydrogens (tertiary/aromatic N) is 3. The Kier molecular flexibility index (Phi) is 4.26. The molecular formula is C19H15ClN4O2. The average molecular weight is 367 g/mol. The molecule has 1 aliphatic rings. The van der Waals surface area contributed by atoms with E-state index in [4.69, 9.17) is 11.6 Å². The van der Waals surface area contributed by atoms with Crippen LogP contribution in [0.3, 0.4) is 0 Å². The summed E-state index contributed by atoms with van der Waals surface area (Å²) in [5.74, 6) is -0.306. The van der Waals surface area contributed by atoms with Crippen LogP contribution in [-0.2, 0) is 4.79 Å². The third kappa shape index (κ3) is 3.11. The lowest BCUT2D eigenvalue weighted by Gasteiger charge is -2.18. The Morgan fingerprint density at radius 3 is 2.69 bits per heavy atom. The number of amides is 2. The lowest BCUT2D eigenvalue weighted by Crippen LogP contribution is -2.24. The summed E-state index contributed by atoms with van der Waals surface area (Å²) < 4.78 is 0. The van der Waals surface area contributed by atoms with E-state index in [0.29, 0.717) is 34.9 Å². The molecule has 0 radical (unpaired) electrons. The summed E-state index contributed by atoms with van der Waals surface area (Å²) in [4.78, 5) is 34.5. The second-order valence-electron chi connectivity index (χ2n) is 6.01. The first-order valence-electron chi connectivity index (χ1n) is 8.25. The largest absolute Gasteiger partial charge is 0.321 e. The normalized spacial score (nSPS) is 14.0. The molecule has 1 aliphatic heterocycles. The van der Waals surface area contributed by atoms with Gasteiger partial charge in [0.15, 0.2) is 0 Å². The SMILES string of the molecule is O=C(Nc1ccc(N2CCCC2=O)c(Cl)c1)c1cnc2ccccc2n1. The number of para-hydroxylation sites is 2. The van der Waals surface area contributed by atoms with E-state index < -0.39 is 0 Å². The molecule has 0 unspecified atom stereocenters. The van der Waals surface area contributed by atoms with E-state index >= 15 is 0 Å². The number of hydrogen-bond donors (Lipinski definition) is 1. The summed E-state index contributed by atoms with van der Waals surface area (Å²) in [6.07, 6.45) is 2.81. The zero-order valence-electron chi connectivity index (χ0n) is 13.8. The van der Waals surface area contributed by atoms with Crippen LogP contribution in [0.5, 0.6) is 0 Å². The molecule has 0 bridgehead atoms. The van der Waals surface area contributed by atoms with E-state index in [9.17, 15) is 9.59 Å². The molecule has 6 nitrogen and oxygen atoms in total. The fraction of sp³-hybridized carbons (Fsp3) is 0.158.